The van der Waals surface area contributed by atoms with E-state index in [1.165, 1.54) is 29.8 Å². The fraction of sp³-hybridized carbons (Fsp3) is 0.286. The lowest BCUT2D eigenvalue weighted by Crippen LogP contribution is -2.31. The highest BCUT2D eigenvalue weighted by Crippen LogP contribution is 2.14. The second-order valence-corrected chi connectivity index (χ2v) is 4.59. The van der Waals surface area contributed by atoms with Crippen molar-refractivity contribution < 1.29 is 14.4 Å². The number of hydrogen-bond acceptors (Lipinski definition) is 5. The van der Waals surface area contributed by atoms with Crippen molar-refractivity contribution in [2.45, 2.75) is 0 Å². The van der Waals surface area contributed by atoms with Gasteiger partial charge in [-0.3, -0.25) is 19.4 Å². The smallest absolute Gasteiger partial charge is 0.313 e. The third kappa shape index (κ3) is 2.82. The van der Waals surface area contributed by atoms with E-state index < -0.39 is 5.91 Å². The molecule has 2 rings (SSSR count). The van der Waals surface area contributed by atoms with E-state index in [1.54, 1.807) is 38.6 Å². The average molecular weight is 303 g/mol. The highest BCUT2D eigenvalue weighted by molar-refractivity contribution is 6.05. The van der Waals surface area contributed by atoms with Gasteiger partial charge in [0.2, 0.25) is 5.82 Å². The molecule has 0 atom stereocenters. The molecule has 22 heavy (non-hydrogen) atoms. The number of carbonyl (C=O) groups is 2. The van der Waals surface area contributed by atoms with Crippen LogP contribution in [0.15, 0.2) is 30.7 Å². The Morgan fingerprint density at radius 1 is 1.23 bits per heavy atom. The summed E-state index contributed by atoms with van der Waals surface area (Å²) in [4.78, 5) is 38.8. The fourth-order valence-corrected chi connectivity index (χ4v) is 1.87. The molecule has 0 aromatic carbocycles. The van der Waals surface area contributed by atoms with Gasteiger partial charge >= 0.3 is 5.91 Å². The Morgan fingerprint density at radius 3 is 2.55 bits per heavy atom. The molecule has 0 saturated carbocycles. The van der Waals surface area contributed by atoms with E-state index in [9.17, 15) is 9.59 Å². The average Bonchev–Trinajstić information content (AvgIpc) is 2.94. The highest BCUT2D eigenvalue weighted by Gasteiger charge is 2.23. The number of amides is 2. The summed E-state index contributed by atoms with van der Waals surface area (Å²) in [6, 6.07) is 3.51. The van der Waals surface area contributed by atoms with Crippen molar-refractivity contribution in [3.05, 3.63) is 42.2 Å². The first kappa shape index (κ1) is 15.6. The highest BCUT2D eigenvalue weighted by atomic mass is 16.7. The van der Waals surface area contributed by atoms with Crippen LogP contribution in [0.4, 0.5) is 5.69 Å². The van der Waals surface area contributed by atoms with Crippen LogP contribution in [0.5, 0.6) is 0 Å². The number of hydroxylamine groups is 2. The Bertz CT molecular complexity index is 683. The first-order chi connectivity index (χ1) is 10.5. The van der Waals surface area contributed by atoms with Crippen molar-refractivity contribution in [1.82, 2.24) is 19.6 Å². The van der Waals surface area contributed by atoms with Crippen molar-refractivity contribution in [1.29, 1.82) is 0 Å². The zero-order valence-corrected chi connectivity index (χ0v) is 12.8. The van der Waals surface area contributed by atoms with Gasteiger partial charge in [0, 0.05) is 27.3 Å². The van der Waals surface area contributed by atoms with E-state index in [0.717, 1.165) is 5.06 Å². The molecule has 0 aliphatic rings. The molecule has 0 aliphatic heterocycles. The van der Waals surface area contributed by atoms with Crippen molar-refractivity contribution in [3.8, 4) is 0 Å². The second kappa shape index (κ2) is 6.35. The monoisotopic (exact) mass is 303 g/mol. The van der Waals surface area contributed by atoms with Crippen LogP contribution in [0, 0.1) is 0 Å². The molecular formula is C14H17N5O3. The van der Waals surface area contributed by atoms with Crippen molar-refractivity contribution in [2.75, 3.05) is 26.1 Å². The molecule has 2 aromatic rings. The quantitative estimate of drug-likeness (QED) is 0.778. The van der Waals surface area contributed by atoms with Gasteiger partial charge in [-0.05, 0) is 12.1 Å². The Kier molecular flexibility index (Phi) is 4.52. The lowest BCUT2D eigenvalue weighted by atomic mass is 10.3. The normalized spacial score (nSPS) is 10.4. The van der Waals surface area contributed by atoms with E-state index in [4.69, 9.17) is 4.84 Å². The molecule has 0 saturated heterocycles. The maximum absolute atomic E-state index is 12.5. The van der Waals surface area contributed by atoms with E-state index in [2.05, 4.69) is 9.97 Å². The van der Waals surface area contributed by atoms with Crippen LogP contribution >= 0.6 is 0 Å². The Morgan fingerprint density at radius 2 is 1.95 bits per heavy atom. The number of rotatable bonds is 4. The zero-order chi connectivity index (χ0) is 16.3. The predicted octanol–water partition coefficient (Wildman–Crippen LogP) is 0.725. The van der Waals surface area contributed by atoms with Gasteiger partial charge < -0.3 is 9.47 Å². The minimum atomic E-state index is -0.437. The molecule has 2 aromatic heterocycles. The predicted molar refractivity (Wildman–Crippen MR) is 79.3 cm³/mol. The number of hydrogen-bond donors (Lipinski definition) is 0. The molecule has 2 heterocycles. The van der Waals surface area contributed by atoms with Crippen LogP contribution in [0.1, 0.15) is 21.1 Å². The molecule has 0 fully saturated rings. The lowest BCUT2D eigenvalue weighted by molar-refractivity contribution is -0.0766. The summed E-state index contributed by atoms with van der Waals surface area (Å²) in [6.45, 7) is 0. The molecule has 0 radical (unpaired) electrons. The van der Waals surface area contributed by atoms with Gasteiger partial charge in [-0.15, -0.1) is 0 Å². The van der Waals surface area contributed by atoms with Crippen LogP contribution in [-0.2, 0) is 11.9 Å². The Balaban J connectivity index is 2.29. The molecule has 0 N–H and O–H groups in total. The minimum Gasteiger partial charge on any atom is -0.319 e. The second-order valence-electron chi connectivity index (χ2n) is 4.59. The van der Waals surface area contributed by atoms with Crippen LogP contribution in [-0.4, -0.2) is 52.6 Å². The minimum absolute atomic E-state index is 0.118. The van der Waals surface area contributed by atoms with E-state index in [-0.39, 0.29) is 11.7 Å². The number of nitrogens with zero attached hydrogens (tertiary/aromatic N) is 5. The van der Waals surface area contributed by atoms with Gasteiger partial charge in [-0.25, -0.2) is 10.0 Å². The van der Waals surface area contributed by atoms with Crippen molar-refractivity contribution >= 4 is 17.5 Å². The van der Waals surface area contributed by atoms with E-state index in [0.29, 0.717) is 11.4 Å². The first-order valence-corrected chi connectivity index (χ1v) is 6.49. The summed E-state index contributed by atoms with van der Waals surface area (Å²) in [7, 11) is 6.09. The molecule has 8 heteroatoms. The Hall–Kier alpha value is -2.74. The molecule has 0 spiro atoms. The lowest BCUT2D eigenvalue weighted by Gasteiger charge is -2.17. The number of carbonyl (C=O) groups excluding carboxylic acids is 2. The summed E-state index contributed by atoms with van der Waals surface area (Å²) in [5, 5.41) is 1.04. The summed E-state index contributed by atoms with van der Waals surface area (Å²) in [6.07, 6.45) is 4.58. The van der Waals surface area contributed by atoms with Crippen LogP contribution in [0.25, 0.3) is 0 Å². The van der Waals surface area contributed by atoms with Gasteiger partial charge in [0.15, 0.2) is 0 Å². The van der Waals surface area contributed by atoms with Gasteiger partial charge in [0.25, 0.3) is 5.91 Å². The van der Waals surface area contributed by atoms with Crippen LogP contribution in [0.3, 0.4) is 0 Å². The molecule has 2 amide bonds. The van der Waals surface area contributed by atoms with Gasteiger partial charge in [-0.1, -0.05) is 0 Å². The topological polar surface area (TPSA) is 80.6 Å². The molecule has 8 nitrogen and oxygen atoms in total. The van der Waals surface area contributed by atoms with Crippen LogP contribution in [0.2, 0.25) is 0 Å². The Labute approximate surface area is 127 Å². The molecular weight excluding hydrogens is 286 g/mol. The van der Waals surface area contributed by atoms with Gasteiger partial charge in [0.1, 0.15) is 5.69 Å². The molecule has 116 valence electrons. The maximum Gasteiger partial charge on any atom is 0.313 e. The van der Waals surface area contributed by atoms with E-state index in [1.807, 2.05) is 0 Å². The molecule has 0 bridgehead atoms. The first-order valence-electron chi connectivity index (χ1n) is 6.49. The largest absolute Gasteiger partial charge is 0.319 e. The summed E-state index contributed by atoms with van der Waals surface area (Å²) in [5.74, 6) is -0.609. The SMILES string of the molecule is CON(C)C(=O)c1ncc(C(=O)N(C)c2cccnc2)n1C. The zero-order valence-electron chi connectivity index (χ0n) is 12.8. The van der Waals surface area contributed by atoms with Crippen molar-refractivity contribution in [2.24, 2.45) is 7.05 Å². The number of pyridine rings is 1. The molecule has 0 aliphatic carbocycles. The standard InChI is InChI=1S/C14H17N5O3/c1-17(10-6-5-7-15-8-10)13(20)11-9-16-12(18(11)2)14(21)19(3)22-4/h5-9H,1-4H3. The third-order valence-corrected chi connectivity index (χ3v) is 3.30. The maximum atomic E-state index is 12.5. The number of aromatic nitrogens is 3. The van der Waals surface area contributed by atoms with E-state index >= 15 is 0 Å². The van der Waals surface area contributed by atoms with Gasteiger partial charge in [-0.2, -0.15) is 0 Å². The number of anilines is 1. The molecule has 0 unspecified atom stereocenters. The number of imidazole rings is 1. The third-order valence-electron chi connectivity index (χ3n) is 3.30. The fourth-order valence-electron chi connectivity index (χ4n) is 1.87. The summed E-state index contributed by atoms with van der Waals surface area (Å²) < 4.78 is 1.44. The summed E-state index contributed by atoms with van der Waals surface area (Å²) in [5.41, 5.74) is 0.940. The van der Waals surface area contributed by atoms with Gasteiger partial charge in [0.05, 0.1) is 25.2 Å². The van der Waals surface area contributed by atoms with Crippen LogP contribution < -0.4 is 4.90 Å². The van der Waals surface area contributed by atoms with Crippen molar-refractivity contribution in [3.63, 3.8) is 0 Å². The summed E-state index contributed by atoms with van der Waals surface area (Å²) >= 11 is 0.